The average molecular weight is 359 g/mol. The number of hydrogen-bond acceptors (Lipinski definition) is 0. The van der Waals surface area contributed by atoms with Crippen LogP contribution in [0.4, 0.5) is 0 Å². The molecule has 0 saturated heterocycles. The molecule has 0 radical (unpaired) electrons. The van der Waals surface area contributed by atoms with Crippen LogP contribution in [0.25, 0.3) is 0 Å². The summed E-state index contributed by atoms with van der Waals surface area (Å²) in [5, 5.41) is 0. The smallest absolute Gasteiger partial charge is 0.0141 e. The number of hydrogen-bond donors (Lipinski definition) is 0. The van der Waals surface area contributed by atoms with Gasteiger partial charge in [-0.3, -0.25) is 0 Å². The Morgan fingerprint density at radius 1 is 0.565 bits per heavy atom. The molecule has 1 fully saturated rings. The first kappa shape index (κ1) is 21.9. The Labute approximate surface area is 150 Å². The SMILES string of the molecule is CCCCP(CCCC)[C@H]1CCC[C@@H]1P(CCCC)CCCC. The lowest BCUT2D eigenvalue weighted by molar-refractivity contribution is 0.814. The molecule has 1 aliphatic rings. The van der Waals surface area contributed by atoms with Gasteiger partial charge in [0.25, 0.3) is 0 Å². The Balaban J connectivity index is 2.70. The topological polar surface area (TPSA) is 0 Å². The minimum atomic E-state index is 0.341. The second-order valence-electron chi connectivity index (χ2n) is 7.55. The molecule has 1 aliphatic carbocycles. The van der Waals surface area contributed by atoms with Crippen LogP contribution in [-0.4, -0.2) is 36.0 Å². The summed E-state index contributed by atoms with van der Waals surface area (Å²) in [7, 11) is 0.682. The first-order chi connectivity index (χ1) is 11.3. The molecule has 0 N–H and O–H groups in total. The molecule has 138 valence electrons. The van der Waals surface area contributed by atoms with Gasteiger partial charge in [0.05, 0.1) is 0 Å². The summed E-state index contributed by atoms with van der Waals surface area (Å²) in [6, 6.07) is 0. The van der Waals surface area contributed by atoms with Crippen LogP contribution in [0, 0.1) is 0 Å². The van der Waals surface area contributed by atoms with Crippen LogP contribution in [0.5, 0.6) is 0 Å². The van der Waals surface area contributed by atoms with E-state index in [1.165, 1.54) is 62.7 Å². The minimum Gasteiger partial charge on any atom is -0.103 e. The fourth-order valence-electron chi connectivity index (χ4n) is 4.10. The Bertz CT molecular complexity index is 225. The Morgan fingerprint density at radius 2 is 0.870 bits per heavy atom. The van der Waals surface area contributed by atoms with Crippen molar-refractivity contribution in [3.8, 4) is 0 Å². The highest BCUT2D eigenvalue weighted by atomic mass is 31.1. The summed E-state index contributed by atoms with van der Waals surface area (Å²) in [5.74, 6) is 0. The molecule has 0 heterocycles. The van der Waals surface area contributed by atoms with E-state index in [0.717, 1.165) is 0 Å². The van der Waals surface area contributed by atoms with Crippen LogP contribution >= 0.6 is 15.8 Å². The van der Waals surface area contributed by atoms with Crippen molar-refractivity contribution in [2.24, 2.45) is 0 Å². The third-order valence-corrected chi connectivity index (χ3v) is 12.5. The van der Waals surface area contributed by atoms with Crippen molar-refractivity contribution in [2.45, 2.75) is 110 Å². The maximum Gasteiger partial charge on any atom is -0.0141 e. The summed E-state index contributed by atoms with van der Waals surface area (Å²) in [5.41, 5.74) is 2.34. The van der Waals surface area contributed by atoms with Gasteiger partial charge in [-0.2, -0.15) is 0 Å². The van der Waals surface area contributed by atoms with E-state index in [2.05, 4.69) is 27.7 Å². The fourth-order valence-corrected chi connectivity index (χ4v) is 12.3. The zero-order chi connectivity index (χ0) is 16.9. The van der Waals surface area contributed by atoms with E-state index in [9.17, 15) is 0 Å². The van der Waals surface area contributed by atoms with Crippen LogP contribution in [-0.2, 0) is 0 Å². The summed E-state index contributed by atoms with van der Waals surface area (Å²) < 4.78 is 0. The van der Waals surface area contributed by atoms with Gasteiger partial charge in [0.15, 0.2) is 0 Å². The van der Waals surface area contributed by atoms with Gasteiger partial charge in [-0.05, 0) is 74.5 Å². The third-order valence-electron chi connectivity index (χ3n) is 5.58. The average Bonchev–Trinajstić information content (AvgIpc) is 3.04. The van der Waals surface area contributed by atoms with Crippen LogP contribution in [0.1, 0.15) is 98.3 Å². The second kappa shape index (κ2) is 14.1. The molecule has 0 unspecified atom stereocenters. The molecule has 1 rings (SSSR count). The molecule has 23 heavy (non-hydrogen) atoms. The molecule has 2 heteroatoms. The molecule has 0 aromatic rings. The van der Waals surface area contributed by atoms with Gasteiger partial charge < -0.3 is 0 Å². The highest BCUT2D eigenvalue weighted by Gasteiger charge is 2.36. The summed E-state index contributed by atoms with van der Waals surface area (Å²) >= 11 is 0. The Kier molecular flexibility index (Phi) is 13.4. The summed E-state index contributed by atoms with van der Waals surface area (Å²) in [6.07, 6.45) is 22.8. The minimum absolute atomic E-state index is 0.341. The number of unbranched alkanes of at least 4 members (excludes halogenated alkanes) is 4. The Morgan fingerprint density at radius 3 is 1.13 bits per heavy atom. The summed E-state index contributed by atoms with van der Waals surface area (Å²) in [4.78, 5) is 0. The molecular formula is C21H44P2. The van der Waals surface area contributed by atoms with E-state index in [1.54, 1.807) is 43.9 Å². The van der Waals surface area contributed by atoms with Crippen molar-refractivity contribution in [2.75, 3.05) is 24.6 Å². The highest BCUT2D eigenvalue weighted by molar-refractivity contribution is 7.62. The molecule has 0 aromatic heterocycles. The van der Waals surface area contributed by atoms with Crippen LogP contribution < -0.4 is 0 Å². The Hall–Kier alpha value is 0.860. The number of rotatable bonds is 14. The van der Waals surface area contributed by atoms with E-state index in [0.29, 0.717) is 15.8 Å². The molecule has 1 saturated carbocycles. The van der Waals surface area contributed by atoms with E-state index >= 15 is 0 Å². The first-order valence-electron chi connectivity index (χ1n) is 10.8. The van der Waals surface area contributed by atoms with E-state index < -0.39 is 0 Å². The van der Waals surface area contributed by atoms with Gasteiger partial charge in [0, 0.05) is 0 Å². The molecule has 0 aliphatic heterocycles. The highest BCUT2D eigenvalue weighted by Crippen LogP contribution is 2.60. The fraction of sp³-hybridized carbons (Fsp3) is 1.00. The molecular weight excluding hydrogens is 314 g/mol. The maximum absolute atomic E-state index is 2.38. The zero-order valence-corrected chi connectivity index (χ0v) is 18.4. The van der Waals surface area contributed by atoms with Gasteiger partial charge in [-0.25, -0.2) is 0 Å². The monoisotopic (exact) mass is 358 g/mol. The lowest BCUT2D eigenvalue weighted by Crippen LogP contribution is -2.21. The lowest BCUT2D eigenvalue weighted by atomic mass is 10.3. The maximum atomic E-state index is 2.38. The van der Waals surface area contributed by atoms with Crippen molar-refractivity contribution in [1.29, 1.82) is 0 Å². The van der Waals surface area contributed by atoms with Crippen molar-refractivity contribution in [3.05, 3.63) is 0 Å². The van der Waals surface area contributed by atoms with E-state index in [1.807, 2.05) is 0 Å². The second-order valence-corrected chi connectivity index (χ2v) is 13.0. The zero-order valence-electron chi connectivity index (χ0n) is 16.7. The molecule has 0 amide bonds. The van der Waals surface area contributed by atoms with Crippen molar-refractivity contribution in [1.82, 2.24) is 0 Å². The quantitative estimate of drug-likeness (QED) is 0.275. The van der Waals surface area contributed by atoms with Crippen molar-refractivity contribution in [3.63, 3.8) is 0 Å². The van der Waals surface area contributed by atoms with Gasteiger partial charge in [0.1, 0.15) is 0 Å². The van der Waals surface area contributed by atoms with Gasteiger partial charge >= 0.3 is 0 Å². The van der Waals surface area contributed by atoms with Crippen molar-refractivity contribution >= 4 is 15.8 Å². The molecule has 0 aromatic carbocycles. The predicted molar refractivity (Wildman–Crippen MR) is 114 cm³/mol. The van der Waals surface area contributed by atoms with Crippen LogP contribution in [0.15, 0.2) is 0 Å². The standard InChI is InChI=1S/C21H44P2/c1-5-9-16-22(17-10-6-2)20-14-13-15-21(20)23(18-11-7-3)19-12-8-4/h20-21H,5-19H2,1-4H3/t20-,21-/m0/s1. The van der Waals surface area contributed by atoms with E-state index in [4.69, 9.17) is 0 Å². The molecule has 0 bridgehead atoms. The third kappa shape index (κ3) is 8.19. The molecule has 2 atom stereocenters. The largest absolute Gasteiger partial charge is 0.103 e. The van der Waals surface area contributed by atoms with Gasteiger partial charge in [0.2, 0.25) is 0 Å². The van der Waals surface area contributed by atoms with E-state index in [-0.39, 0.29) is 0 Å². The predicted octanol–water partition coefficient (Wildman–Crippen LogP) is 8.07. The van der Waals surface area contributed by atoms with Gasteiger partial charge in [-0.15, -0.1) is 15.8 Å². The van der Waals surface area contributed by atoms with Crippen molar-refractivity contribution < 1.29 is 0 Å². The molecule has 0 spiro atoms. The normalized spacial score (nSPS) is 21.7. The van der Waals surface area contributed by atoms with Gasteiger partial charge in [-0.1, -0.05) is 59.8 Å². The first-order valence-corrected chi connectivity index (χ1v) is 14.3. The molecule has 0 nitrogen and oxygen atoms in total. The lowest BCUT2D eigenvalue weighted by Gasteiger charge is -2.35. The van der Waals surface area contributed by atoms with Crippen LogP contribution in [0.3, 0.4) is 0 Å². The van der Waals surface area contributed by atoms with Crippen LogP contribution in [0.2, 0.25) is 0 Å². The summed E-state index contributed by atoms with van der Waals surface area (Å²) in [6.45, 7) is 9.54.